The van der Waals surface area contributed by atoms with Gasteiger partial charge in [-0.1, -0.05) is 0 Å². The highest BCUT2D eigenvalue weighted by Gasteiger charge is 2.42. The average Bonchev–Trinajstić information content (AvgIpc) is 2.64. The van der Waals surface area contributed by atoms with Gasteiger partial charge in [-0.2, -0.15) is 0 Å². The van der Waals surface area contributed by atoms with E-state index in [1.165, 1.54) is 11.1 Å². The Bertz CT molecular complexity index is 784. The number of hydrogen-bond donors (Lipinski definition) is 0. The lowest BCUT2D eigenvalue weighted by molar-refractivity contribution is -0.139. The fourth-order valence-electron chi connectivity index (χ4n) is 4.01. The third-order valence-electron chi connectivity index (χ3n) is 5.46. The van der Waals surface area contributed by atoms with Crippen LogP contribution in [-0.4, -0.2) is 19.0 Å². The van der Waals surface area contributed by atoms with E-state index in [0.29, 0.717) is 13.2 Å². The summed E-state index contributed by atoms with van der Waals surface area (Å²) >= 11 is 0. The summed E-state index contributed by atoms with van der Waals surface area (Å²) < 4.78 is 24.3. The minimum absolute atomic E-state index is 0.570. The molecule has 4 nitrogen and oxygen atoms in total. The fraction of sp³-hybridized carbons (Fsp3) is 0.478. The molecule has 0 atom stereocenters. The lowest BCUT2D eigenvalue weighted by Gasteiger charge is -2.42. The minimum Gasteiger partial charge on any atom is -0.494 e. The molecule has 4 heteroatoms. The molecular formula is C23H28O4. The van der Waals surface area contributed by atoms with E-state index in [0.717, 1.165) is 59.8 Å². The van der Waals surface area contributed by atoms with Gasteiger partial charge in [-0.15, -0.1) is 0 Å². The maximum atomic E-state index is 6.44. The summed E-state index contributed by atoms with van der Waals surface area (Å²) in [6.45, 7) is 9.49. The number of hydrogen-bond acceptors (Lipinski definition) is 4. The van der Waals surface area contributed by atoms with Gasteiger partial charge in [0.1, 0.15) is 23.0 Å². The zero-order valence-electron chi connectivity index (χ0n) is 16.7. The predicted molar refractivity (Wildman–Crippen MR) is 105 cm³/mol. The summed E-state index contributed by atoms with van der Waals surface area (Å²) in [5.41, 5.74) is 4.60. The van der Waals surface area contributed by atoms with Crippen LogP contribution in [0.15, 0.2) is 24.3 Å². The molecule has 0 bridgehead atoms. The Balaban J connectivity index is 1.60. The highest BCUT2D eigenvalue weighted by atomic mass is 16.7. The Morgan fingerprint density at radius 1 is 0.778 bits per heavy atom. The second kappa shape index (κ2) is 6.99. The van der Waals surface area contributed by atoms with Crippen LogP contribution >= 0.6 is 0 Å². The van der Waals surface area contributed by atoms with Crippen molar-refractivity contribution in [2.24, 2.45) is 0 Å². The summed E-state index contributed by atoms with van der Waals surface area (Å²) in [5, 5.41) is 0. The smallest absolute Gasteiger partial charge is 0.251 e. The van der Waals surface area contributed by atoms with E-state index in [9.17, 15) is 0 Å². The summed E-state index contributed by atoms with van der Waals surface area (Å²) in [6.07, 6.45) is 3.56. The average molecular weight is 368 g/mol. The molecule has 4 rings (SSSR count). The molecule has 2 aromatic rings. The van der Waals surface area contributed by atoms with Crippen LogP contribution in [0.1, 0.15) is 48.9 Å². The molecule has 0 radical (unpaired) electrons. The van der Waals surface area contributed by atoms with E-state index < -0.39 is 5.79 Å². The van der Waals surface area contributed by atoms with Crippen LogP contribution in [0.25, 0.3) is 0 Å². The van der Waals surface area contributed by atoms with Crippen molar-refractivity contribution < 1.29 is 18.9 Å². The molecule has 0 aliphatic carbocycles. The van der Waals surface area contributed by atoms with Gasteiger partial charge in [0.05, 0.1) is 13.2 Å². The number of rotatable bonds is 4. The maximum absolute atomic E-state index is 6.44. The quantitative estimate of drug-likeness (QED) is 0.748. The van der Waals surface area contributed by atoms with Gasteiger partial charge in [-0.25, -0.2) is 0 Å². The van der Waals surface area contributed by atoms with Crippen molar-refractivity contribution >= 4 is 0 Å². The van der Waals surface area contributed by atoms with Crippen molar-refractivity contribution in [3.05, 3.63) is 46.5 Å². The zero-order valence-corrected chi connectivity index (χ0v) is 16.7. The lowest BCUT2D eigenvalue weighted by atomic mass is 9.91. The van der Waals surface area contributed by atoms with Crippen LogP contribution in [-0.2, 0) is 12.8 Å². The Hall–Kier alpha value is -2.36. The van der Waals surface area contributed by atoms with E-state index in [-0.39, 0.29) is 0 Å². The lowest BCUT2D eigenvalue weighted by Crippen LogP contribution is -2.47. The molecule has 0 saturated heterocycles. The first-order valence-electron chi connectivity index (χ1n) is 9.94. The van der Waals surface area contributed by atoms with Crippen molar-refractivity contribution in [1.29, 1.82) is 0 Å². The van der Waals surface area contributed by atoms with E-state index in [4.69, 9.17) is 18.9 Å². The number of fused-ring (bicyclic) bond motifs is 2. The number of benzene rings is 2. The van der Waals surface area contributed by atoms with Crippen molar-refractivity contribution in [2.45, 2.75) is 59.2 Å². The van der Waals surface area contributed by atoms with E-state index in [2.05, 4.69) is 38.1 Å². The molecule has 2 aromatic carbocycles. The largest absolute Gasteiger partial charge is 0.494 e. The third-order valence-corrected chi connectivity index (χ3v) is 5.46. The molecule has 144 valence electrons. The highest BCUT2D eigenvalue weighted by Crippen LogP contribution is 2.44. The molecule has 0 fully saturated rings. The van der Waals surface area contributed by atoms with Crippen LogP contribution in [0.4, 0.5) is 0 Å². The van der Waals surface area contributed by atoms with E-state index in [1.807, 2.05) is 13.8 Å². The molecular weight excluding hydrogens is 340 g/mol. The first-order chi connectivity index (χ1) is 13.0. The molecule has 0 saturated carbocycles. The van der Waals surface area contributed by atoms with Crippen LogP contribution in [0.5, 0.6) is 23.0 Å². The van der Waals surface area contributed by atoms with Gasteiger partial charge in [-0.3, -0.25) is 0 Å². The summed E-state index contributed by atoms with van der Waals surface area (Å²) in [4.78, 5) is 0. The van der Waals surface area contributed by atoms with Gasteiger partial charge in [-0.05, 0) is 87.1 Å². The second-order valence-electron chi connectivity index (χ2n) is 7.43. The Morgan fingerprint density at radius 2 is 1.22 bits per heavy atom. The summed E-state index contributed by atoms with van der Waals surface area (Å²) in [6, 6.07) is 8.42. The van der Waals surface area contributed by atoms with Gasteiger partial charge in [0, 0.05) is 12.8 Å². The van der Waals surface area contributed by atoms with Crippen LogP contribution in [0, 0.1) is 13.8 Å². The van der Waals surface area contributed by atoms with Gasteiger partial charge < -0.3 is 18.9 Å². The number of aryl methyl sites for hydroxylation is 4. The molecule has 0 N–H and O–H groups in total. The first-order valence-corrected chi connectivity index (χ1v) is 9.94. The highest BCUT2D eigenvalue weighted by molar-refractivity contribution is 5.49. The molecule has 27 heavy (non-hydrogen) atoms. The monoisotopic (exact) mass is 368 g/mol. The molecule has 0 aromatic heterocycles. The topological polar surface area (TPSA) is 36.9 Å². The Kier molecular flexibility index (Phi) is 4.67. The van der Waals surface area contributed by atoms with Crippen LogP contribution in [0.2, 0.25) is 0 Å². The Morgan fingerprint density at radius 3 is 1.63 bits per heavy atom. The predicted octanol–water partition coefficient (Wildman–Crippen LogP) is 5.15. The normalized spacial score (nSPS) is 16.7. The van der Waals surface area contributed by atoms with Crippen LogP contribution < -0.4 is 18.9 Å². The molecule has 2 heterocycles. The minimum atomic E-state index is -0.570. The second-order valence-corrected chi connectivity index (χ2v) is 7.43. The number of ether oxygens (including phenoxy) is 4. The van der Waals surface area contributed by atoms with Crippen LogP contribution in [0.3, 0.4) is 0 Å². The Labute approximate surface area is 161 Å². The zero-order chi connectivity index (χ0) is 19.0. The fourth-order valence-corrected chi connectivity index (χ4v) is 4.01. The van der Waals surface area contributed by atoms with E-state index >= 15 is 0 Å². The van der Waals surface area contributed by atoms with Gasteiger partial charge in [0.15, 0.2) is 0 Å². The van der Waals surface area contributed by atoms with Gasteiger partial charge in [0.2, 0.25) is 0 Å². The van der Waals surface area contributed by atoms with Gasteiger partial charge in [0.25, 0.3) is 5.79 Å². The standard InChI is InChI=1S/C23H28O4/c1-5-24-19-13-17-7-9-23(26-21(17)11-15(19)3)10-8-18-14-20(25-6-2)16(4)12-22(18)27-23/h11-14H,5-10H2,1-4H3. The van der Waals surface area contributed by atoms with Crippen molar-refractivity contribution in [3.8, 4) is 23.0 Å². The van der Waals surface area contributed by atoms with Crippen molar-refractivity contribution in [1.82, 2.24) is 0 Å². The maximum Gasteiger partial charge on any atom is 0.251 e. The molecule has 2 aliphatic heterocycles. The van der Waals surface area contributed by atoms with Gasteiger partial charge >= 0.3 is 0 Å². The third kappa shape index (κ3) is 3.33. The van der Waals surface area contributed by atoms with E-state index in [1.54, 1.807) is 0 Å². The molecule has 2 aliphatic rings. The molecule has 0 unspecified atom stereocenters. The first kappa shape index (κ1) is 18.0. The summed E-state index contributed by atoms with van der Waals surface area (Å²) in [5.74, 6) is 3.18. The molecule has 1 spiro atoms. The molecule has 0 amide bonds. The summed E-state index contributed by atoms with van der Waals surface area (Å²) in [7, 11) is 0. The van der Waals surface area contributed by atoms with Crippen molar-refractivity contribution in [3.63, 3.8) is 0 Å². The van der Waals surface area contributed by atoms with Crippen molar-refractivity contribution in [2.75, 3.05) is 13.2 Å². The SMILES string of the molecule is CCOc1cc2c(cc1C)OC1(CC2)CCc2cc(OCC)c(C)cc2O1.